The van der Waals surface area contributed by atoms with E-state index in [0.717, 1.165) is 11.8 Å². The molecule has 0 nitrogen and oxygen atoms in total. The predicted molar refractivity (Wildman–Crippen MR) is 76.8 cm³/mol. The Kier molecular flexibility index (Phi) is 3.02. The summed E-state index contributed by atoms with van der Waals surface area (Å²) in [5.41, 5.74) is 7.32. The van der Waals surface area contributed by atoms with Crippen LogP contribution in [0, 0.1) is 0 Å². The highest BCUT2D eigenvalue weighted by atomic mass is 79.9. The van der Waals surface area contributed by atoms with E-state index in [0.29, 0.717) is 0 Å². The molecule has 1 aliphatic carbocycles. The topological polar surface area (TPSA) is 0 Å². The zero-order valence-electron chi connectivity index (χ0n) is 9.75. The molecule has 1 aliphatic rings. The van der Waals surface area contributed by atoms with Crippen LogP contribution in [0.25, 0.3) is 11.1 Å². The Morgan fingerprint density at radius 3 is 2.53 bits per heavy atom. The number of rotatable bonds is 2. The smallest absolute Gasteiger partial charge is 0.00718 e. The fourth-order valence-corrected chi connectivity index (χ4v) is 3.11. The molecule has 2 aromatic carbocycles. The van der Waals surface area contributed by atoms with Gasteiger partial charge in [0.25, 0.3) is 0 Å². The van der Waals surface area contributed by atoms with E-state index in [-0.39, 0.29) is 0 Å². The molecule has 0 aliphatic heterocycles. The van der Waals surface area contributed by atoms with E-state index in [1.165, 1.54) is 40.7 Å². The van der Waals surface area contributed by atoms with Crippen molar-refractivity contribution in [2.24, 2.45) is 0 Å². The van der Waals surface area contributed by atoms with Gasteiger partial charge < -0.3 is 0 Å². The van der Waals surface area contributed by atoms with Crippen LogP contribution >= 0.6 is 15.9 Å². The molecule has 0 saturated heterocycles. The maximum atomic E-state index is 3.51. The Hall–Kier alpha value is -1.08. The fraction of sp³-hybridized carbons (Fsp3) is 0.250. The van der Waals surface area contributed by atoms with Crippen molar-refractivity contribution >= 4 is 15.9 Å². The largest absolute Gasteiger partial charge is 0.0924 e. The van der Waals surface area contributed by atoms with Gasteiger partial charge in [-0.3, -0.25) is 0 Å². The van der Waals surface area contributed by atoms with Crippen LogP contribution in [0.1, 0.15) is 16.7 Å². The van der Waals surface area contributed by atoms with Crippen molar-refractivity contribution in [3.8, 4) is 11.1 Å². The highest BCUT2D eigenvalue weighted by molar-refractivity contribution is 9.09. The quantitative estimate of drug-likeness (QED) is 0.719. The lowest BCUT2D eigenvalue weighted by Gasteiger charge is -2.20. The molecule has 0 unspecified atom stereocenters. The van der Waals surface area contributed by atoms with Gasteiger partial charge in [0.15, 0.2) is 0 Å². The van der Waals surface area contributed by atoms with E-state index < -0.39 is 0 Å². The van der Waals surface area contributed by atoms with Crippen LogP contribution in [0.15, 0.2) is 42.5 Å². The van der Waals surface area contributed by atoms with Crippen LogP contribution in [0.2, 0.25) is 0 Å². The molecule has 86 valence electrons. The van der Waals surface area contributed by atoms with Gasteiger partial charge in [-0.1, -0.05) is 58.4 Å². The number of alkyl halides is 1. The van der Waals surface area contributed by atoms with E-state index in [2.05, 4.69) is 58.4 Å². The molecule has 0 aromatic heterocycles. The van der Waals surface area contributed by atoms with Gasteiger partial charge in [-0.25, -0.2) is 0 Å². The fourth-order valence-electron chi connectivity index (χ4n) is 2.65. The highest BCUT2D eigenvalue weighted by Crippen LogP contribution is 2.33. The molecule has 17 heavy (non-hydrogen) atoms. The van der Waals surface area contributed by atoms with Crippen molar-refractivity contribution in [1.29, 1.82) is 0 Å². The molecular formula is C16H15Br. The molecular weight excluding hydrogens is 272 g/mol. The average Bonchev–Trinajstić information content (AvgIpc) is 2.39. The van der Waals surface area contributed by atoms with Crippen LogP contribution in [0.3, 0.4) is 0 Å². The second kappa shape index (κ2) is 4.66. The Bertz CT molecular complexity index is 543. The van der Waals surface area contributed by atoms with Gasteiger partial charge in [-0.15, -0.1) is 0 Å². The lowest BCUT2D eigenvalue weighted by atomic mass is 9.85. The number of hydrogen-bond acceptors (Lipinski definition) is 0. The van der Waals surface area contributed by atoms with E-state index in [1.807, 2.05) is 0 Å². The third-order valence-electron chi connectivity index (χ3n) is 3.52. The molecule has 0 fully saturated rings. The lowest BCUT2D eigenvalue weighted by molar-refractivity contribution is 0.936. The van der Waals surface area contributed by atoms with Crippen LogP contribution < -0.4 is 0 Å². The third kappa shape index (κ3) is 2.04. The average molecular weight is 287 g/mol. The molecule has 3 rings (SSSR count). The van der Waals surface area contributed by atoms with Gasteiger partial charge in [0.05, 0.1) is 0 Å². The molecule has 2 aromatic rings. The minimum Gasteiger partial charge on any atom is -0.0924 e. The number of fused-ring (bicyclic) bond motifs is 3. The SMILES string of the molecule is BrCCc1ccc2c(c1)CCc1ccccc1-2. The Morgan fingerprint density at radius 1 is 0.882 bits per heavy atom. The maximum Gasteiger partial charge on any atom is 0.00718 e. The molecule has 0 bridgehead atoms. The highest BCUT2D eigenvalue weighted by Gasteiger charge is 2.15. The van der Waals surface area contributed by atoms with Crippen molar-refractivity contribution in [2.75, 3.05) is 5.33 Å². The van der Waals surface area contributed by atoms with Crippen molar-refractivity contribution in [2.45, 2.75) is 19.3 Å². The number of halogens is 1. The Balaban J connectivity index is 2.08. The molecule has 0 radical (unpaired) electrons. The molecule has 0 atom stereocenters. The van der Waals surface area contributed by atoms with E-state index in [9.17, 15) is 0 Å². The summed E-state index contributed by atoms with van der Waals surface area (Å²) in [5.74, 6) is 0. The van der Waals surface area contributed by atoms with E-state index in [4.69, 9.17) is 0 Å². The zero-order valence-corrected chi connectivity index (χ0v) is 11.3. The number of aryl methyl sites for hydroxylation is 3. The second-order valence-electron chi connectivity index (χ2n) is 4.59. The first kappa shape index (κ1) is 11.0. The van der Waals surface area contributed by atoms with Crippen molar-refractivity contribution in [3.63, 3.8) is 0 Å². The van der Waals surface area contributed by atoms with Gasteiger partial charge in [0.1, 0.15) is 0 Å². The van der Waals surface area contributed by atoms with Crippen LogP contribution in [0.5, 0.6) is 0 Å². The van der Waals surface area contributed by atoms with Crippen LogP contribution in [0.4, 0.5) is 0 Å². The maximum absolute atomic E-state index is 3.51. The first-order valence-corrected chi connectivity index (χ1v) is 7.26. The minimum atomic E-state index is 1.04. The molecule has 0 spiro atoms. The van der Waals surface area contributed by atoms with Gasteiger partial charge in [0.2, 0.25) is 0 Å². The van der Waals surface area contributed by atoms with Gasteiger partial charge in [-0.2, -0.15) is 0 Å². The molecule has 0 amide bonds. The van der Waals surface area contributed by atoms with Gasteiger partial charge >= 0.3 is 0 Å². The predicted octanol–water partition coefficient (Wildman–Crippen LogP) is 4.39. The summed E-state index contributed by atoms with van der Waals surface area (Å²) in [6.07, 6.45) is 3.48. The van der Waals surface area contributed by atoms with Crippen LogP contribution in [-0.2, 0) is 19.3 Å². The Labute approximate surface area is 111 Å². The van der Waals surface area contributed by atoms with Gasteiger partial charge in [0, 0.05) is 5.33 Å². The Morgan fingerprint density at radius 2 is 1.65 bits per heavy atom. The summed E-state index contributed by atoms with van der Waals surface area (Å²) in [4.78, 5) is 0. The third-order valence-corrected chi connectivity index (χ3v) is 3.92. The van der Waals surface area contributed by atoms with E-state index in [1.54, 1.807) is 0 Å². The molecule has 0 heterocycles. The first-order chi connectivity index (χ1) is 8.38. The minimum absolute atomic E-state index is 1.04. The number of benzene rings is 2. The standard InChI is InChI=1S/C16H15Br/c17-10-9-12-5-8-16-14(11-12)7-6-13-3-1-2-4-15(13)16/h1-5,8,11H,6-7,9-10H2. The van der Waals surface area contributed by atoms with E-state index >= 15 is 0 Å². The molecule has 0 saturated carbocycles. The summed E-state index contributed by atoms with van der Waals surface area (Å²) >= 11 is 3.51. The normalized spacial score (nSPS) is 13.0. The summed E-state index contributed by atoms with van der Waals surface area (Å²) in [5, 5.41) is 1.04. The molecule has 1 heteroatoms. The van der Waals surface area contributed by atoms with Crippen LogP contribution in [-0.4, -0.2) is 5.33 Å². The van der Waals surface area contributed by atoms with Crippen molar-refractivity contribution in [1.82, 2.24) is 0 Å². The van der Waals surface area contributed by atoms with Crippen molar-refractivity contribution < 1.29 is 0 Å². The zero-order chi connectivity index (χ0) is 11.7. The lowest BCUT2D eigenvalue weighted by Crippen LogP contribution is -2.04. The first-order valence-electron chi connectivity index (χ1n) is 6.14. The summed E-state index contributed by atoms with van der Waals surface area (Å²) in [7, 11) is 0. The second-order valence-corrected chi connectivity index (χ2v) is 5.38. The summed E-state index contributed by atoms with van der Waals surface area (Å²) in [6, 6.07) is 15.7. The molecule has 0 N–H and O–H groups in total. The van der Waals surface area contributed by atoms with Gasteiger partial charge in [-0.05, 0) is 47.1 Å². The number of hydrogen-bond donors (Lipinski definition) is 0. The van der Waals surface area contributed by atoms with Crippen molar-refractivity contribution in [3.05, 3.63) is 59.2 Å². The summed E-state index contributed by atoms with van der Waals surface area (Å²) in [6.45, 7) is 0. The monoisotopic (exact) mass is 286 g/mol. The summed E-state index contributed by atoms with van der Waals surface area (Å²) < 4.78 is 0.